The number of hydrogen-bond acceptors (Lipinski definition) is 5. The molecule has 9 heteroatoms. The lowest BCUT2D eigenvalue weighted by atomic mass is 10.00. The first-order valence-electron chi connectivity index (χ1n) is 9.31. The van der Waals surface area contributed by atoms with Crippen LogP contribution < -0.4 is 5.56 Å². The van der Waals surface area contributed by atoms with Crippen LogP contribution in [0.5, 0.6) is 0 Å². The maximum absolute atomic E-state index is 13.0. The molecule has 0 aromatic carbocycles. The third kappa shape index (κ3) is 2.69. The van der Waals surface area contributed by atoms with Gasteiger partial charge in [-0.25, -0.2) is 9.50 Å². The van der Waals surface area contributed by atoms with Gasteiger partial charge in [-0.3, -0.25) is 19.4 Å². The van der Waals surface area contributed by atoms with Crippen LogP contribution in [-0.4, -0.2) is 48.3 Å². The van der Waals surface area contributed by atoms with Crippen molar-refractivity contribution in [2.75, 3.05) is 13.1 Å². The monoisotopic (exact) mass is 379 g/mol. The molecule has 0 radical (unpaired) electrons. The highest BCUT2D eigenvalue weighted by Gasteiger charge is 2.32. The summed E-state index contributed by atoms with van der Waals surface area (Å²) in [6.45, 7) is 7.00. The first-order valence-corrected chi connectivity index (χ1v) is 9.31. The number of likely N-dealkylation sites (tertiary alicyclic amines) is 1. The van der Waals surface area contributed by atoms with Crippen molar-refractivity contribution >= 4 is 11.6 Å². The smallest absolute Gasteiger partial charge is 0.276 e. The van der Waals surface area contributed by atoms with Gasteiger partial charge in [-0.1, -0.05) is 20.8 Å². The lowest BCUT2D eigenvalue weighted by Crippen LogP contribution is -2.50. The fourth-order valence-corrected chi connectivity index (χ4v) is 3.56. The fraction of sp³-hybridized carbons (Fsp3) is 0.421. The Morgan fingerprint density at radius 2 is 2.18 bits per heavy atom. The molecule has 1 N–H and O–H groups in total. The molecule has 3 aromatic heterocycles. The predicted molar refractivity (Wildman–Crippen MR) is 102 cm³/mol. The van der Waals surface area contributed by atoms with Gasteiger partial charge in [0.1, 0.15) is 11.6 Å². The lowest BCUT2D eigenvalue weighted by molar-refractivity contribution is -0.136. The van der Waals surface area contributed by atoms with Crippen molar-refractivity contribution in [2.24, 2.45) is 0 Å². The van der Waals surface area contributed by atoms with Gasteiger partial charge in [-0.05, 0) is 5.92 Å². The minimum absolute atomic E-state index is 0.0505. The Morgan fingerprint density at radius 3 is 2.82 bits per heavy atom. The van der Waals surface area contributed by atoms with E-state index in [1.54, 1.807) is 11.1 Å². The number of nitrogens with zero attached hydrogens (tertiary/aromatic N) is 6. The number of aromatic nitrogens is 5. The van der Waals surface area contributed by atoms with Crippen LogP contribution >= 0.6 is 0 Å². The molecule has 0 unspecified atom stereocenters. The molecule has 1 saturated heterocycles. The van der Waals surface area contributed by atoms with E-state index in [4.69, 9.17) is 0 Å². The van der Waals surface area contributed by atoms with Crippen molar-refractivity contribution < 1.29 is 4.79 Å². The minimum Gasteiger partial charge on any atom is -0.338 e. The van der Waals surface area contributed by atoms with Gasteiger partial charge in [0.25, 0.3) is 5.56 Å². The van der Waals surface area contributed by atoms with Crippen molar-refractivity contribution in [2.45, 2.75) is 39.2 Å². The van der Waals surface area contributed by atoms with Crippen LogP contribution in [-0.2, 0) is 4.79 Å². The summed E-state index contributed by atoms with van der Waals surface area (Å²) >= 11 is 0. The van der Waals surface area contributed by atoms with Crippen LogP contribution in [0.2, 0.25) is 0 Å². The molecule has 1 fully saturated rings. The van der Waals surface area contributed by atoms with E-state index in [1.165, 1.54) is 10.7 Å². The number of nitriles is 1. The van der Waals surface area contributed by atoms with E-state index >= 15 is 0 Å². The van der Waals surface area contributed by atoms with Gasteiger partial charge in [0.05, 0.1) is 17.9 Å². The van der Waals surface area contributed by atoms with Crippen LogP contribution in [0.15, 0.2) is 23.4 Å². The summed E-state index contributed by atoms with van der Waals surface area (Å²) in [6, 6.07) is 2.18. The number of H-pyrrole nitrogens is 1. The summed E-state index contributed by atoms with van der Waals surface area (Å²) in [7, 11) is 0. The van der Waals surface area contributed by atoms with E-state index in [-0.39, 0.29) is 23.4 Å². The van der Waals surface area contributed by atoms with Crippen LogP contribution in [0.1, 0.15) is 50.3 Å². The quantitative estimate of drug-likeness (QED) is 0.741. The van der Waals surface area contributed by atoms with Crippen molar-refractivity contribution in [1.29, 1.82) is 5.26 Å². The standard InChI is InChI=1S/C19H21N7O2/c1-4-15(27)24-9-14(10-24)25-8-13(7-21-25)17-16(11(2)3)19(28)26-18(23-17)12(5-20)6-22-26/h6-8,11,14,22H,4,9-10H2,1-3H3. The molecule has 4 heterocycles. The highest BCUT2D eigenvalue weighted by molar-refractivity contribution is 5.76. The number of fused-ring (bicyclic) bond motifs is 1. The largest absolute Gasteiger partial charge is 0.338 e. The van der Waals surface area contributed by atoms with Crippen LogP contribution in [0.4, 0.5) is 0 Å². The van der Waals surface area contributed by atoms with Crippen LogP contribution in [0.25, 0.3) is 16.9 Å². The Morgan fingerprint density at radius 1 is 1.43 bits per heavy atom. The molecule has 28 heavy (non-hydrogen) atoms. The Hall–Kier alpha value is -3.41. The first-order chi connectivity index (χ1) is 13.4. The summed E-state index contributed by atoms with van der Waals surface area (Å²) < 4.78 is 3.13. The van der Waals surface area contributed by atoms with Gasteiger partial charge in [-0.2, -0.15) is 10.4 Å². The highest BCUT2D eigenvalue weighted by atomic mass is 16.2. The number of hydrogen-bond donors (Lipinski definition) is 1. The normalized spacial score (nSPS) is 14.5. The van der Waals surface area contributed by atoms with Gasteiger partial charge in [0, 0.05) is 43.0 Å². The number of aromatic amines is 1. The molecule has 0 saturated carbocycles. The number of rotatable bonds is 4. The Kier molecular flexibility index (Phi) is 4.26. The third-order valence-electron chi connectivity index (χ3n) is 5.16. The Labute approximate surface area is 161 Å². The highest BCUT2D eigenvalue weighted by Crippen LogP contribution is 2.28. The summed E-state index contributed by atoms with van der Waals surface area (Å²) in [5.41, 5.74) is 2.25. The third-order valence-corrected chi connectivity index (χ3v) is 5.16. The minimum atomic E-state index is -0.215. The molecule has 0 bridgehead atoms. The lowest BCUT2D eigenvalue weighted by Gasteiger charge is -2.39. The molecule has 9 nitrogen and oxygen atoms in total. The average Bonchev–Trinajstić information content (AvgIpc) is 3.26. The second kappa shape index (κ2) is 6.64. The molecule has 1 aliphatic rings. The van der Waals surface area contributed by atoms with Crippen molar-refractivity contribution in [3.05, 3.63) is 40.1 Å². The van der Waals surface area contributed by atoms with Gasteiger partial charge in [0.2, 0.25) is 5.91 Å². The molecule has 0 spiro atoms. The van der Waals surface area contributed by atoms with E-state index in [9.17, 15) is 14.9 Å². The SMILES string of the molecule is CCC(=O)N1CC(n2cc(-c3nc4c(C#N)c[nH]n4c(=O)c3C(C)C)cn2)C1. The average molecular weight is 379 g/mol. The van der Waals surface area contributed by atoms with Crippen molar-refractivity contribution in [3.8, 4) is 17.3 Å². The molecule has 0 aliphatic carbocycles. The second-order valence-corrected chi connectivity index (χ2v) is 7.31. The Balaban J connectivity index is 1.75. The fourth-order valence-electron chi connectivity index (χ4n) is 3.56. The van der Waals surface area contributed by atoms with E-state index in [0.717, 1.165) is 5.56 Å². The number of amides is 1. The summed E-state index contributed by atoms with van der Waals surface area (Å²) in [5, 5.41) is 16.5. The van der Waals surface area contributed by atoms with Gasteiger partial charge in [0.15, 0.2) is 5.65 Å². The van der Waals surface area contributed by atoms with Crippen LogP contribution in [0, 0.1) is 11.3 Å². The summed E-state index contributed by atoms with van der Waals surface area (Å²) in [6.07, 6.45) is 5.53. The van der Waals surface area contributed by atoms with E-state index in [1.807, 2.05) is 31.6 Å². The van der Waals surface area contributed by atoms with Gasteiger partial charge < -0.3 is 4.90 Å². The molecule has 0 atom stereocenters. The molecule has 144 valence electrons. The van der Waals surface area contributed by atoms with Gasteiger partial charge in [-0.15, -0.1) is 0 Å². The summed E-state index contributed by atoms with van der Waals surface area (Å²) in [5.74, 6) is 0.0906. The number of nitrogens with one attached hydrogen (secondary N) is 1. The zero-order chi connectivity index (χ0) is 20.0. The molecule has 4 rings (SSSR count). The van der Waals surface area contributed by atoms with E-state index < -0.39 is 0 Å². The predicted octanol–water partition coefficient (Wildman–Crippen LogP) is 1.67. The summed E-state index contributed by atoms with van der Waals surface area (Å²) in [4.78, 5) is 31.1. The first kappa shape index (κ1) is 18.0. The zero-order valence-corrected chi connectivity index (χ0v) is 16.0. The molecule has 1 amide bonds. The van der Waals surface area contributed by atoms with Crippen molar-refractivity contribution in [1.82, 2.24) is 29.3 Å². The maximum Gasteiger partial charge on any atom is 0.276 e. The van der Waals surface area contributed by atoms with Gasteiger partial charge >= 0.3 is 0 Å². The molecule has 1 aliphatic heterocycles. The van der Waals surface area contributed by atoms with Crippen molar-refractivity contribution in [3.63, 3.8) is 0 Å². The molecular weight excluding hydrogens is 358 g/mol. The number of carbonyl (C=O) groups excluding carboxylic acids is 1. The van der Waals surface area contributed by atoms with E-state index in [0.29, 0.717) is 42.0 Å². The molecular formula is C19H21N7O2. The molecule has 3 aromatic rings. The topological polar surface area (TPSA) is 112 Å². The zero-order valence-electron chi connectivity index (χ0n) is 16.0. The second-order valence-electron chi connectivity index (χ2n) is 7.31. The number of carbonyl (C=O) groups is 1. The van der Waals surface area contributed by atoms with Crippen LogP contribution in [0.3, 0.4) is 0 Å². The van der Waals surface area contributed by atoms with E-state index in [2.05, 4.69) is 21.3 Å². The maximum atomic E-state index is 13.0. The Bertz CT molecular complexity index is 1160.